The Balaban J connectivity index is 2.19. The second-order valence-electron chi connectivity index (χ2n) is 8.35. The number of methoxy groups -OCH3 is 1. The topological polar surface area (TPSA) is 108 Å². The molecule has 8 nitrogen and oxygen atoms in total. The van der Waals surface area contributed by atoms with Crippen molar-refractivity contribution in [1.29, 1.82) is 0 Å². The van der Waals surface area contributed by atoms with Crippen LogP contribution < -0.4 is 9.50 Å². The normalized spacial score (nSPS) is 13.6. The molecule has 2 atom stereocenters. The highest BCUT2D eigenvalue weighted by Gasteiger charge is 2.48. The van der Waals surface area contributed by atoms with Gasteiger partial charge in [0.25, 0.3) is 0 Å². The Kier molecular flexibility index (Phi) is 10.3. The number of halogens is 3. The summed E-state index contributed by atoms with van der Waals surface area (Å²) >= 11 is 0. The molecule has 0 heterocycles. The highest BCUT2D eigenvalue weighted by molar-refractivity contribution is 7.88. The number of nitrogens with one attached hydrogen (secondary N) is 1. The maximum absolute atomic E-state index is 12.8. The third-order valence-corrected chi connectivity index (χ3v) is 5.91. The Morgan fingerprint density at radius 1 is 0.944 bits per heavy atom. The minimum atomic E-state index is -5.86. The maximum atomic E-state index is 12.8. The molecule has 0 aliphatic heterocycles. The van der Waals surface area contributed by atoms with E-state index < -0.39 is 45.4 Å². The molecule has 36 heavy (non-hydrogen) atoms. The molecule has 0 aliphatic rings. The summed E-state index contributed by atoms with van der Waals surface area (Å²) in [6.45, 7) is 3.80. The molecule has 0 aromatic heterocycles. The van der Waals surface area contributed by atoms with Gasteiger partial charge < -0.3 is 13.7 Å². The Morgan fingerprint density at radius 2 is 1.58 bits per heavy atom. The third-order valence-electron chi connectivity index (χ3n) is 4.93. The number of carbonyl (C=O) groups is 2. The fourth-order valence-electron chi connectivity index (χ4n) is 3.26. The van der Waals surface area contributed by atoms with Crippen molar-refractivity contribution in [3.05, 3.63) is 65.7 Å². The average Bonchev–Trinajstić information content (AvgIpc) is 2.80. The van der Waals surface area contributed by atoms with E-state index in [-0.39, 0.29) is 24.5 Å². The lowest BCUT2D eigenvalue weighted by molar-refractivity contribution is -0.149. The van der Waals surface area contributed by atoms with Gasteiger partial charge in [-0.1, -0.05) is 56.3 Å². The van der Waals surface area contributed by atoms with Crippen LogP contribution in [0, 0.1) is 5.92 Å². The monoisotopic (exact) mass is 531 g/mol. The molecule has 0 fully saturated rings. The molecule has 1 unspecified atom stereocenters. The van der Waals surface area contributed by atoms with E-state index in [1.807, 2.05) is 19.9 Å². The molecular formula is C24H28F3NO7S. The van der Waals surface area contributed by atoms with Crippen LogP contribution in [-0.4, -0.2) is 45.1 Å². The van der Waals surface area contributed by atoms with Gasteiger partial charge in [-0.05, 0) is 42.0 Å². The fourth-order valence-corrected chi connectivity index (χ4v) is 3.71. The van der Waals surface area contributed by atoms with Gasteiger partial charge >= 0.3 is 27.6 Å². The molecule has 0 saturated carbocycles. The maximum Gasteiger partial charge on any atom is 0.534 e. The summed E-state index contributed by atoms with van der Waals surface area (Å²) in [5, 5.41) is 2.92. The molecular weight excluding hydrogens is 503 g/mol. The molecule has 2 rings (SSSR count). The van der Waals surface area contributed by atoms with E-state index in [9.17, 15) is 31.2 Å². The molecule has 1 N–H and O–H groups in total. The van der Waals surface area contributed by atoms with Gasteiger partial charge in [0.15, 0.2) is 0 Å². The first kappa shape index (κ1) is 29.1. The van der Waals surface area contributed by atoms with Crippen LogP contribution in [0.3, 0.4) is 0 Å². The van der Waals surface area contributed by atoms with Crippen molar-refractivity contribution in [3.8, 4) is 5.75 Å². The van der Waals surface area contributed by atoms with E-state index >= 15 is 0 Å². The zero-order valence-corrected chi connectivity index (χ0v) is 20.8. The van der Waals surface area contributed by atoms with Crippen molar-refractivity contribution < 1.29 is 44.8 Å². The first-order valence-electron chi connectivity index (χ1n) is 11.0. The van der Waals surface area contributed by atoms with Crippen molar-refractivity contribution in [3.63, 3.8) is 0 Å². The van der Waals surface area contributed by atoms with Gasteiger partial charge in [-0.3, -0.25) is 14.9 Å². The standard InChI is InChI=1S/C24H28F3NO7S/c1-16(2)12-20(23(30)34-15-17-8-5-4-6-9-17)28-21(22(29)33-3)14-18-10-7-11-19(13-18)35-36(31,32)24(25,26)27/h4-11,13,16,20-21,28H,12,14-15H2,1-3H3/t20-,21?/m0/s1. The summed E-state index contributed by atoms with van der Waals surface area (Å²) in [5.41, 5.74) is -4.54. The fraction of sp³-hybridized carbons (Fsp3) is 0.417. The molecule has 0 saturated heterocycles. The number of alkyl halides is 3. The Hall–Kier alpha value is -3.12. The number of rotatable bonds is 12. The van der Waals surface area contributed by atoms with Crippen molar-refractivity contribution in [2.75, 3.05) is 7.11 Å². The smallest absolute Gasteiger partial charge is 0.468 e. The predicted molar refractivity (Wildman–Crippen MR) is 124 cm³/mol. The van der Waals surface area contributed by atoms with Crippen molar-refractivity contribution in [1.82, 2.24) is 5.32 Å². The molecule has 0 bridgehead atoms. The quantitative estimate of drug-likeness (QED) is 0.251. The summed E-state index contributed by atoms with van der Waals surface area (Å²) in [4.78, 5) is 25.3. The summed E-state index contributed by atoms with van der Waals surface area (Å²) in [6.07, 6.45) is 0.199. The van der Waals surface area contributed by atoms with Crippen LogP contribution in [0.4, 0.5) is 13.2 Å². The van der Waals surface area contributed by atoms with E-state index in [1.54, 1.807) is 24.3 Å². The van der Waals surface area contributed by atoms with Gasteiger partial charge in [-0.2, -0.15) is 21.6 Å². The molecule has 0 radical (unpaired) electrons. The summed E-state index contributed by atoms with van der Waals surface area (Å²) in [5.74, 6) is -1.84. The second-order valence-corrected chi connectivity index (χ2v) is 9.89. The number of carbonyl (C=O) groups excluding carboxylic acids is 2. The molecule has 198 valence electrons. The molecule has 0 aliphatic carbocycles. The largest absolute Gasteiger partial charge is 0.534 e. The van der Waals surface area contributed by atoms with Crippen LogP contribution in [0.15, 0.2) is 54.6 Å². The van der Waals surface area contributed by atoms with E-state index in [0.717, 1.165) is 24.8 Å². The average molecular weight is 532 g/mol. The minimum absolute atomic E-state index is 0.0336. The Bertz CT molecular complexity index is 1120. The second kappa shape index (κ2) is 12.7. The van der Waals surface area contributed by atoms with Crippen LogP contribution in [0.25, 0.3) is 0 Å². The lowest BCUT2D eigenvalue weighted by Crippen LogP contribution is -2.49. The SMILES string of the molecule is COC(=O)C(Cc1cccc(OS(=O)(=O)C(F)(F)F)c1)N[C@@H](CC(C)C)C(=O)OCc1ccccc1. The van der Waals surface area contributed by atoms with Crippen LogP contribution in [0.5, 0.6) is 5.75 Å². The van der Waals surface area contributed by atoms with Crippen LogP contribution in [-0.2, 0) is 42.2 Å². The van der Waals surface area contributed by atoms with E-state index in [1.165, 1.54) is 12.1 Å². The van der Waals surface area contributed by atoms with Gasteiger partial charge in [-0.25, -0.2) is 0 Å². The van der Waals surface area contributed by atoms with Crippen LogP contribution in [0.1, 0.15) is 31.4 Å². The highest BCUT2D eigenvalue weighted by atomic mass is 32.2. The summed E-state index contributed by atoms with van der Waals surface area (Å²) in [7, 11) is -4.71. The van der Waals surface area contributed by atoms with Crippen molar-refractivity contribution in [2.24, 2.45) is 5.92 Å². The number of ether oxygens (including phenoxy) is 2. The van der Waals surface area contributed by atoms with Crippen LogP contribution >= 0.6 is 0 Å². The van der Waals surface area contributed by atoms with Crippen molar-refractivity contribution in [2.45, 2.75) is 50.9 Å². The zero-order chi connectivity index (χ0) is 26.9. The Morgan fingerprint density at radius 3 is 2.17 bits per heavy atom. The summed E-state index contributed by atoms with van der Waals surface area (Å²) < 4.78 is 75.0. The number of hydrogen-bond acceptors (Lipinski definition) is 8. The van der Waals surface area contributed by atoms with E-state index in [0.29, 0.717) is 6.42 Å². The predicted octanol–water partition coefficient (Wildman–Crippen LogP) is 3.75. The zero-order valence-electron chi connectivity index (χ0n) is 19.9. The molecule has 2 aromatic carbocycles. The lowest BCUT2D eigenvalue weighted by atomic mass is 10.0. The molecule has 2 aromatic rings. The summed E-state index contributed by atoms with van der Waals surface area (Å²) in [6, 6.07) is 11.9. The lowest BCUT2D eigenvalue weighted by Gasteiger charge is -2.24. The van der Waals surface area contributed by atoms with Gasteiger partial charge in [0.1, 0.15) is 24.4 Å². The molecule has 0 amide bonds. The first-order chi connectivity index (χ1) is 16.8. The van der Waals surface area contributed by atoms with Crippen molar-refractivity contribution >= 4 is 22.1 Å². The third kappa shape index (κ3) is 8.83. The van der Waals surface area contributed by atoms with E-state index in [4.69, 9.17) is 9.47 Å². The number of benzene rings is 2. The van der Waals surface area contributed by atoms with Gasteiger partial charge in [0.2, 0.25) is 0 Å². The van der Waals surface area contributed by atoms with Gasteiger partial charge in [-0.15, -0.1) is 0 Å². The number of esters is 2. The van der Waals surface area contributed by atoms with Gasteiger partial charge in [0.05, 0.1) is 7.11 Å². The Labute approximate surface area is 207 Å². The highest BCUT2D eigenvalue weighted by Crippen LogP contribution is 2.27. The minimum Gasteiger partial charge on any atom is -0.468 e. The van der Waals surface area contributed by atoms with E-state index in [2.05, 4.69) is 9.50 Å². The number of hydrogen-bond donors (Lipinski definition) is 1. The van der Waals surface area contributed by atoms with Gasteiger partial charge in [0, 0.05) is 0 Å². The molecule has 0 spiro atoms. The molecule has 12 heteroatoms. The van der Waals surface area contributed by atoms with Crippen LogP contribution in [0.2, 0.25) is 0 Å². The first-order valence-corrected chi connectivity index (χ1v) is 12.4.